The number of rotatable bonds is 5. The molecule has 0 amide bonds. The Balaban J connectivity index is 1.83. The summed E-state index contributed by atoms with van der Waals surface area (Å²) >= 11 is 6.26. The predicted molar refractivity (Wildman–Crippen MR) is 85.2 cm³/mol. The third kappa shape index (κ3) is 5.15. The average molecular weight is 269 g/mol. The molecule has 0 nitrogen and oxygen atoms in total. The molecular weight excluding hydrogens is 252 g/mol. The second-order valence-electron chi connectivity index (χ2n) is 4.33. The third-order valence-corrected chi connectivity index (χ3v) is 3.09. The van der Waals surface area contributed by atoms with E-state index in [1.807, 2.05) is 42.5 Å². The van der Waals surface area contributed by atoms with Crippen molar-refractivity contribution < 1.29 is 0 Å². The molecule has 0 radical (unpaired) electrons. The van der Waals surface area contributed by atoms with Gasteiger partial charge < -0.3 is 0 Å². The SMILES string of the molecule is ClC(C=Cc1ccccc1)CC=Cc1ccccc1. The summed E-state index contributed by atoms with van der Waals surface area (Å²) in [6.07, 6.45) is 9.15. The molecule has 0 saturated heterocycles. The van der Waals surface area contributed by atoms with Crippen LogP contribution < -0.4 is 0 Å². The van der Waals surface area contributed by atoms with Crippen LogP contribution >= 0.6 is 11.6 Å². The van der Waals surface area contributed by atoms with Crippen LogP contribution in [0.5, 0.6) is 0 Å². The molecule has 2 aromatic carbocycles. The third-order valence-electron chi connectivity index (χ3n) is 2.77. The highest BCUT2D eigenvalue weighted by Gasteiger charge is 1.95. The number of benzene rings is 2. The first-order valence-corrected chi connectivity index (χ1v) is 6.87. The molecule has 1 unspecified atom stereocenters. The minimum absolute atomic E-state index is 0.0279. The predicted octanol–water partition coefficient (Wildman–Crippen LogP) is 5.41. The van der Waals surface area contributed by atoms with E-state index < -0.39 is 0 Å². The summed E-state index contributed by atoms with van der Waals surface area (Å²) in [5.74, 6) is 0. The Bertz CT molecular complexity index is 526. The average Bonchev–Trinajstić information content (AvgIpc) is 2.47. The Labute approximate surface area is 120 Å². The van der Waals surface area contributed by atoms with Gasteiger partial charge in [-0.15, -0.1) is 11.6 Å². The van der Waals surface area contributed by atoms with Crippen LogP contribution in [-0.4, -0.2) is 5.38 Å². The summed E-state index contributed by atoms with van der Waals surface area (Å²) in [6.45, 7) is 0. The largest absolute Gasteiger partial charge is 0.118 e. The van der Waals surface area contributed by atoms with Gasteiger partial charge in [0.1, 0.15) is 0 Å². The minimum Gasteiger partial charge on any atom is -0.118 e. The van der Waals surface area contributed by atoms with Crippen molar-refractivity contribution in [1.82, 2.24) is 0 Å². The van der Waals surface area contributed by atoms with Crippen LogP contribution in [0.4, 0.5) is 0 Å². The van der Waals surface area contributed by atoms with E-state index in [0.717, 1.165) is 6.42 Å². The number of hydrogen-bond acceptors (Lipinski definition) is 0. The Morgan fingerprint density at radius 2 is 1.32 bits per heavy atom. The number of alkyl halides is 1. The molecule has 0 bridgehead atoms. The van der Waals surface area contributed by atoms with Crippen LogP contribution in [0, 0.1) is 0 Å². The van der Waals surface area contributed by atoms with Crippen molar-refractivity contribution in [3.05, 3.63) is 83.9 Å². The number of halogens is 1. The summed E-state index contributed by atoms with van der Waals surface area (Å²) in [6, 6.07) is 20.5. The van der Waals surface area contributed by atoms with E-state index >= 15 is 0 Å². The summed E-state index contributed by atoms with van der Waals surface area (Å²) in [7, 11) is 0. The molecule has 0 N–H and O–H groups in total. The topological polar surface area (TPSA) is 0 Å². The lowest BCUT2D eigenvalue weighted by Crippen LogP contribution is -1.89. The molecule has 2 rings (SSSR count). The summed E-state index contributed by atoms with van der Waals surface area (Å²) in [4.78, 5) is 0. The van der Waals surface area contributed by atoms with Gasteiger partial charge in [0.05, 0.1) is 5.38 Å². The van der Waals surface area contributed by atoms with Crippen molar-refractivity contribution in [3.63, 3.8) is 0 Å². The van der Waals surface area contributed by atoms with Crippen molar-refractivity contribution in [1.29, 1.82) is 0 Å². The molecule has 0 aliphatic carbocycles. The van der Waals surface area contributed by atoms with E-state index in [1.54, 1.807) is 0 Å². The summed E-state index contributed by atoms with van der Waals surface area (Å²) in [5.41, 5.74) is 2.39. The van der Waals surface area contributed by atoms with E-state index in [4.69, 9.17) is 11.6 Å². The fourth-order valence-corrected chi connectivity index (χ4v) is 1.93. The number of hydrogen-bond donors (Lipinski definition) is 0. The smallest absolute Gasteiger partial charge is 0.0553 e. The second kappa shape index (κ2) is 7.60. The lowest BCUT2D eigenvalue weighted by molar-refractivity contribution is 1.07. The molecule has 0 aliphatic heterocycles. The highest BCUT2D eigenvalue weighted by atomic mass is 35.5. The Kier molecular flexibility index (Phi) is 5.46. The fraction of sp³-hybridized carbons (Fsp3) is 0.111. The van der Waals surface area contributed by atoms with Crippen LogP contribution in [-0.2, 0) is 0 Å². The first-order valence-electron chi connectivity index (χ1n) is 6.43. The van der Waals surface area contributed by atoms with Gasteiger partial charge in [0.25, 0.3) is 0 Å². The van der Waals surface area contributed by atoms with Crippen LogP contribution in [0.2, 0.25) is 0 Å². The Morgan fingerprint density at radius 1 is 0.789 bits per heavy atom. The normalized spacial score (nSPS) is 13.1. The van der Waals surface area contributed by atoms with E-state index in [2.05, 4.69) is 42.5 Å². The first-order chi connectivity index (χ1) is 9.34. The molecule has 0 heterocycles. The zero-order valence-corrected chi connectivity index (χ0v) is 11.5. The van der Waals surface area contributed by atoms with Crippen LogP contribution in [0.3, 0.4) is 0 Å². The molecule has 0 spiro atoms. The molecule has 1 atom stereocenters. The quantitative estimate of drug-likeness (QED) is 0.636. The van der Waals surface area contributed by atoms with Gasteiger partial charge in [-0.05, 0) is 17.5 Å². The van der Waals surface area contributed by atoms with Gasteiger partial charge in [-0.2, -0.15) is 0 Å². The zero-order chi connectivity index (χ0) is 13.3. The van der Waals surface area contributed by atoms with E-state index in [-0.39, 0.29) is 5.38 Å². The van der Waals surface area contributed by atoms with Crippen molar-refractivity contribution in [2.75, 3.05) is 0 Å². The van der Waals surface area contributed by atoms with Crippen molar-refractivity contribution in [2.45, 2.75) is 11.8 Å². The maximum Gasteiger partial charge on any atom is 0.0553 e. The van der Waals surface area contributed by atoms with Gasteiger partial charge >= 0.3 is 0 Å². The second-order valence-corrected chi connectivity index (χ2v) is 4.90. The van der Waals surface area contributed by atoms with Gasteiger partial charge in [0.15, 0.2) is 0 Å². The van der Waals surface area contributed by atoms with Crippen LogP contribution in [0.15, 0.2) is 72.8 Å². The molecule has 96 valence electrons. The lowest BCUT2D eigenvalue weighted by Gasteiger charge is -1.99. The van der Waals surface area contributed by atoms with Crippen LogP contribution in [0.1, 0.15) is 17.5 Å². The molecule has 1 heteroatoms. The molecular formula is C18H17Cl. The first kappa shape index (κ1) is 13.6. The molecule has 0 aliphatic rings. The molecule has 2 aromatic rings. The minimum atomic E-state index is 0.0279. The van der Waals surface area contributed by atoms with Gasteiger partial charge in [0, 0.05) is 0 Å². The van der Waals surface area contributed by atoms with E-state index in [0.29, 0.717) is 0 Å². The van der Waals surface area contributed by atoms with Crippen LogP contribution in [0.25, 0.3) is 12.2 Å². The summed E-state index contributed by atoms with van der Waals surface area (Å²) < 4.78 is 0. The summed E-state index contributed by atoms with van der Waals surface area (Å²) in [5, 5.41) is 0.0279. The van der Waals surface area contributed by atoms with Gasteiger partial charge in [-0.1, -0.05) is 85.0 Å². The molecule has 0 saturated carbocycles. The highest BCUT2D eigenvalue weighted by molar-refractivity contribution is 6.22. The maximum absolute atomic E-state index is 6.26. The van der Waals surface area contributed by atoms with Gasteiger partial charge in [-0.25, -0.2) is 0 Å². The van der Waals surface area contributed by atoms with Gasteiger partial charge in [0.2, 0.25) is 0 Å². The number of allylic oxidation sites excluding steroid dienone is 2. The van der Waals surface area contributed by atoms with E-state index in [1.165, 1.54) is 11.1 Å². The van der Waals surface area contributed by atoms with Crippen molar-refractivity contribution >= 4 is 23.8 Å². The maximum atomic E-state index is 6.26. The molecule has 0 aromatic heterocycles. The van der Waals surface area contributed by atoms with Crippen molar-refractivity contribution in [2.24, 2.45) is 0 Å². The lowest BCUT2D eigenvalue weighted by atomic mass is 10.1. The van der Waals surface area contributed by atoms with E-state index in [9.17, 15) is 0 Å². The molecule has 0 fully saturated rings. The van der Waals surface area contributed by atoms with Crippen molar-refractivity contribution in [3.8, 4) is 0 Å². The standard InChI is InChI=1S/C18H17Cl/c19-18(15-14-17-10-5-2-6-11-17)13-7-12-16-8-3-1-4-9-16/h1-12,14-15,18H,13H2. The monoisotopic (exact) mass is 268 g/mol. The Hall–Kier alpha value is -1.79. The zero-order valence-electron chi connectivity index (χ0n) is 10.7. The molecule has 19 heavy (non-hydrogen) atoms. The fourth-order valence-electron chi connectivity index (χ4n) is 1.76. The highest BCUT2D eigenvalue weighted by Crippen LogP contribution is 2.10. The Morgan fingerprint density at radius 3 is 1.89 bits per heavy atom. The van der Waals surface area contributed by atoms with Gasteiger partial charge in [-0.3, -0.25) is 0 Å².